The first-order valence-electron chi connectivity index (χ1n) is 7.81. The molecule has 0 bridgehead atoms. The summed E-state index contributed by atoms with van der Waals surface area (Å²) in [5, 5.41) is 10.3. The Bertz CT molecular complexity index is 711. The molecule has 1 rings (SSSR count). The number of carbonyl (C=O) groups is 2. The third-order valence-corrected chi connectivity index (χ3v) is 3.56. The molecule has 4 N–H and O–H groups in total. The standard InChI is InChI=1S/C16H25N3O5S/c1-16(2,3)24-15(21)18-9-5-8-14(20)19-13-7-4-6-12(10-13)11-25(17,22)23/h4,6-7,10H,5,8-9,11H2,1-3H3,(H,18,21)(H,19,20)(H2,17,22,23). The lowest BCUT2D eigenvalue weighted by Crippen LogP contribution is -2.33. The number of rotatable bonds is 7. The van der Waals surface area contributed by atoms with Crippen molar-refractivity contribution in [3.8, 4) is 0 Å². The van der Waals surface area contributed by atoms with Crippen LogP contribution in [-0.4, -0.2) is 32.6 Å². The van der Waals surface area contributed by atoms with Crippen LogP contribution in [0.3, 0.4) is 0 Å². The van der Waals surface area contributed by atoms with Gasteiger partial charge in [0.2, 0.25) is 15.9 Å². The second-order valence-corrected chi connectivity index (χ2v) is 8.20. The van der Waals surface area contributed by atoms with E-state index in [2.05, 4.69) is 10.6 Å². The first-order chi connectivity index (χ1) is 11.4. The van der Waals surface area contributed by atoms with E-state index in [1.165, 1.54) is 0 Å². The first-order valence-corrected chi connectivity index (χ1v) is 9.52. The van der Waals surface area contributed by atoms with Gasteiger partial charge in [-0.3, -0.25) is 4.79 Å². The quantitative estimate of drug-likeness (QED) is 0.629. The van der Waals surface area contributed by atoms with Gasteiger partial charge < -0.3 is 15.4 Å². The molecule has 8 nitrogen and oxygen atoms in total. The SMILES string of the molecule is CC(C)(C)OC(=O)NCCCC(=O)Nc1cccc(CS(N)(=O)=O)c1. The number of carbonyl (C=O) groups excluding carboxylic acids is 2. The van der Waals surface area contributed by atoms with Crippen LogP contribution in [-0.2, 0) is 25.3 Å². The Morgan fingerprint density at radius 2 is 1.92 bits per heavy atom. The largest absolute Gasteiger partial charge is 0.444 e. The van der Waals surface area contributed by atoms with Crippen molar-refractivity contribution in [2.24, 2.45) is 5.14 Å². The van der Waals surface area contributed by atoms with E-state index >= 15 is 0 Å². The van der Waals surface area contributed by atoms with Gasteiger partial charge >= 0.3 is 6.09 Å². The lowest BCUT2D eigenvalue weighted by atomic mass is 10.2. The van der Waals surface area contributed by atoms with Gasteiger partial charge in [-0.05, 0) is 44.9 Å². The van der Waals surface area contributed by atoms with Crippen LogP contribution in [0, 0.1) is 0 Å². The molecule has 1 aromatic rings. The summed E-state index contributed by atoms with van der Waals surface area (Å²) >= 11 is 0. The van der Waals surface area contributed by atoms with Gasteiger partial charge in [-0.25, -0.2) is 18.4 Å². The van der Waals surface area contributed by atoms with Crippen LogP contribution >= 0.6 is 0 Å². The lowest BCUT2D eigenvalue weighted by molar-refractivity contribution is -0.116. The van der Waals surface area contributed by atoms with E-state index in [0.29, 0.717) is 24.2 Å². The van der Waals surface area contributed by atoms with Gasteiger partial charge in [0.25, 0.3) is 0 Å². The number of nitrogens with one attached hydrogen (secondary N) is 2. The Morgan fingerprint density at radius 3 is 2.52 bits per heavy atom. The van der Waals surface area contributed by atoms with Crippen LogP contribution in [0.25, 0.3) is 0 Å². The molecule has 0 radical (unpaired) electrons. The Balaban J connectivity index is 2.38. The molecule has 0 aromatic heterocycles. The molecule has 0 unspecified atom stereocenters. The molecule has 0 aliphatic carbocycles. The summed E-state index contributed by atoms with van der Waals surface area (Å²) in [4.78, 5) is 23.3. The fraction of sp³-hybridized carbons (Fsp3) is 0.500. The Labute approximate surface area is 148 Å². The molecule has 0 heterocycles. The van der Waals surface area contributed by atoms with E-state index < -0.39 is 21.7 Å². The lowest BCUT2D eigenvalue weighted by Gasteiger charge is -2.19. The van der Waals surface area contributed by atoms with Crippen LogP contribution in [0.4, 0.5) is 10.5 Å². The van der Waals surface area contributed by atoms with Crippen LogP contribution in [0.1, 0.15) is 39.2 Å². The summed E-state index contributed by atoms with van der Waals surface area (Å²) in [5.74, 6) is -0.532. The summed E-state index contributed by atoms with van der Waals surface area (Å²) < 4.78 is 27.3. The zero-order valence-electron chi connectivity index (χ0n) is 14.7. The number of hydrogen-bond acceptors (Lipinski definition) is 5. The summed E-state index contributed by atoms with van der Waals surface area (Å²) in [6, 6.07) is 6.47. The van der Waals surface area contributed by atoms with Gasteiger partial charge in [0.1, 0.15) is 5.60 Å². The molecule has 25 heavy (non-hydrogen) atoms. The Kier molecular flexibility index (Phi) is 7.38. The zero-order valence-corrected chi connectivity index (χ0v) is 15.5. The number of nitrogens with two attached hydrogens (primary N) is 1. The van der Waals surface area contributed by atoms with Crippen molar-refractivity contribution in [3.63, 3.8) is 0 Å². The second kappa shape index (κ2) is 8.82. The molecule has 0 aliphatic rings. The average Bonchev–Trinajstić information content (AvgIpc) is 2.40. The van der Waals surface area contributed by atoms with Gasteiger partial charge in [0.05, 0.1) is 5.75 Å². The molecule has 0 saturated carbocycles. The maximum absolute atomic E-state index is 11.9. The van der Waals surface area contributed by atoms with Gasteiger partial charge in [0.15, 0.2) is 0 Å². The third-order valence-electron chi connectivity index (χ3n) is 2.83. The fourth-order valence-corrected chi connectivity index (χ4v) is 2.59. The molecule has 0 fully saturated rings. The van der Waals surface area contributed by atoms with E-state index in [4.69, 9.17) is 9.88 Å². The van der Waals surface area contributed by atoms with Crippen molar-refractivity contribution in [2.75, 3.05) is 11.9 Å². The highest BCUT2D eigenvalue weighted by molar-refractivity contribution is 7.88. The van der Waals surface area contributed by atoms with Crippen molar-refractivity contribution in [2.45, 2.75) is 45.0 Å². The normalized spacial score (nSPS) is 11.7. The van der Waals surface area contributed by atoms with E-state index in [1.54, 1.807) is 45.0 Å². The number of ether oxygens (including phenoxy) is 1. The number of sulfonamides is 1. The number of hydrogen-bond donors (Lipinski definition) is 3. The highest BCUT2D eigenvalue weighted by Crippen LogP contribution is 2.13. The van der Waals surface area contributed by atoms with Gasteiger partial charge in [-0.2, -0.15) is 0 Å². The maximum atomic E-state index is 11.9. The number of anilines is 1. The smallest absolute Gasteiger partial charge is 0.407 e. The minimum absolute atomic E-state index is 0.204. The first kappa shape index (κ1) is 20.9. The molecule has 0 spiro atoms. The molecule has 9 heteroatoms. The fourth-order valence-electron chi connectivity index (χ4n) is 1.95. The highest BCUT2D eigenvalue weighted by Gasteiger charge is 2.15. The van der Waals surface area contributed by atoms with E-state index in [9.17, 15) is 18.0 Å². The Hall–Kier alpha value is -2.13. The topological polar surface area (TPSA) is 128 Å². The second-order valence-electron chi connectivity index (χ2n) is 6.59. The summed E-state index contributed by atoms with van der Waals surface area (Å²) in [7, 11) is -3.63. The summed E-state index contributed by atoms with van der Waals surface area (Å²) in [6.07, 6.45) is 0.126. The number of primary sulfonamides is 1. The van der Waals surface area contributed by atoms with Gasteiger partial charge in [0, 0.05) is 18.7 Å². The summed E-state index contributed by atoms with van der Waals surface area (Å²) in [5.41, 5.74) is 0.418. The number of alkyl carbamates (subject to hydrolysis) is 1. The molecular weight excluding hydrogens is 346 g/mol. The molecule has 2 amide bonds. The summed E-state index contributed by atoms with van der Waals surface area (Å²) in [6.45, 7) is 5.62. The van der Waals surface area contributed by atoms with Crippen molar-refractivity contribution < 1.29 is 22.7 Å². The van der Waals surface area contributed by atoms with Gasteiger partial charge in [-0.15, -0.1) is 0 Å². The van der Waals surface area contributed by atoms with Crippen LogP contribution in [0.5, 0.6) is 0 Å². The van der Waals surface area contributed by atoms with Crippen molar-refractivity contribution >= 4 is 27.7 Å². The Morgan fingerprint density at radius 1 is 1.24 bits per heavy atom. The molecule has 0 saturated heterocycles. The molecular formula is C16H25N3O5S. The van der Waals surface area contributed by atoms with E-state index in [1.807, 2.05) is 0 Å². The van der Waals surface area contributed by atoms with Crippen molar-refractivity contribution in [1.82, 2.24) is 5.32 Å². The highest BCUT2D eigenvalue weighted by atomic mass is 32.2. The van der Waals surface area contributed by atoms with E-state index in [0.717, 1.165) is 0 Å². The third kappa shape index (κ3) is 10.4. The van der Waals surface area contributed by atoms with Crippen LogP contribution in [0.2, 0.25) is 0 Å². The van der Waals surface area contributed by atoms with E-state index in [-0.39, 0.29) is 18.1 Å². The van der Waals surface area contributed by atoms with Crippen molar-refractivity contribution in [1.29, 1.82) is 0 Å². The number of amides is 2. The average molecular weight is 371 g/mol. The maximum Gasteiger partial charge on any atom is 0.407 e. The predicted molar refractivity (Wildman–Crippen MR) is 95.4 cm³/mol. The number of benzene rings is 1. The molecule has 0 atom stereocenters. The molecule has 1 aromatic carbocycles. The van der Waals surface area contributed by atoms with Crippen molar-refractivity contribution in [3.05, 3.63) is 29.8 Å². The molecule has 0 aliphatic heterocycles. The van der Waals surface area contributed by atoms with Crippen LogP contribution in [0.15, 0.2) is 24.3 Å². The predicted octanol–water partition coefficient (Wildman–Crippen LogP) is 1.72. The minimum atomic E-state index is -3.63. The van der Waals surface area contributed by atoms with Crippen LogP contribution < -0.4 is 15.8 Å². The van der Waals surface area contributed by atoms with Gasteiger partial charge in [-0.1, -0.05) is 12.1 Å². The minimum Gasteiger partial charge on any atom is -0.444 e. The zero-order chi connectivity index (χ0) is 19.1. The molecule has 140 valence electrons. The monoisotopic (exact) mass is 371 g/mol.